The van der Waals surface area contributed by atoms with Gasteiger partial charge in [0.05, 0.1) is 18.0 Å². The van der Waals surface area contributed by atoms with Crippen LogP contribution in [0.15, 0.2) is 36.7 Å². The number of pyridine rings is 2. The second-order valence-corrected chi connectivity index (χ2v) is 4.01. The van der Waals surface area contributed by atoms with Gasteiger partial charge in [0.2, 0.25) is 0 Å². The first kappa shape index (κ1) is 11.7. The number of hydrogen-bond acceptors (Lipinski definition) is 3. The zero-order chi connectivity index (χ0) is 12.1. The monoisotopic (exact) mass is 228 g/mol. The Morgan fingerprint density at radius 2 is 1.76 bits per heavy atom. The summed E-state index contributed by atoms with van der Waals surface area (Å²) in [6.45, 7) is 2.78. The number of methoxy groups -OCH3 is 1. The van der Waals surface area contributed by atoms with Gasteiger partial charge in [-0.1, -0.05) is 0 Å². The Bertz CT molecular complexity index is 497. The maximum Gasteiger partial charge on any atom is 0.0888 e. The van der Waals surface area contributed by atoms with Gasteiger partial charge in [-0.15, -0.1) is 0 Å². The lowest BCUT2D eigenvalue weighted by atomic mass is 10.1. The molecule has 0 aliphatic rings. The van der Waals surface area contributed by atoms with Crippen molar-refractivity contribution in [2.45, 2.75) is 13.3 Å². The second-order valence-electron chi connectivity index (χ2n) is 4.01. The van der Waals surface area contributed by atoms with Crippen LogP contribution in [-0.4, -0.2) is 23.7 Å². The summed E-state index contributed by atoms with van der Waals surface area (Å²) in [5.74, 6) is 0. The zero-order valence-electron chi connectivity index (χ0n) is 10.2. The van der Waals surface area contributed by atoms with Gasteiger partial charge in [0.1, 0.15) is 0 Å². The Kier molecular flexibility index (Phi) is 3.83. The molecule has 0 N–H and O–H groups in total. The van der Waals surface area contributed by atoms with Gasteiger partial charge in [0.15, 0.2) is 0 Å². The van der Waals surface area contributed by atoms with Crippen molar-refractivity contribution >= 4 is 0 Å². The van der Waals surface area contributed by atoms with Crippen LogP contribution in [0.5, 0.6) is 0 Å². The highest BCUT2D eigenvalue weighted by Crippen LogP contribution is 2.16. The highest BCUT2D eigenvalue weighted by molar-refractivity contribution is 5.55. The van der Waals surface area contributed by atoms with E-state index in [-0.39, 0.29) is 0 Å². The fourth-order valence-corrected chi connectivity index (χ4v) is 1.67. The number of hydrogen-bond donors (Lipinski definition) is 0. The Labute approximate surface area is 102 Å². The van der Waals surface area contributed by atoms with Crippen molar-refractivity contribution in [2.75, 3.05) is 13.7 Å². The van der Waals surface area contributed by atoms with Gasteiger partial charge >= 0.3 is 0 Å². The maximum atomic E-state index is 5.07. The van der Waals surface area contributed by atoms with Crippen LogP contribution in [-0.2, 0) is 11.2 Å². The molecule has 0 atom stereocenters. The minimum atomic E-state index is 0.727. The van der Waals surface area contributed by atoms with E-state index in [2.05, 4.69) is 23.0 Å². The van der Waals surface area contributed by atoms with E-state index < -0.39 is 0 Å². The van der Waals surface area contributed by atoms with Gasteiger partial charge in [0, 0.05) is 19.5 Å². The summed E-state index contributed by atoms with van der Waals surface area (Å²) < 4.78 is 5.07. The molecule has 0 aliphatic carbocycles. The molecule has 0 radical (unpaired) electrons. The van der Waals surface area contributed by atoms with E-state index in [9.17, 15) is 0 Å². The van der Waals surface area contributed by atoms with Gasteiger partial charge in [0.25, 0.3) is 0 Å². The van der Waals surface area contributed by atoms with Gasteiger partial charge < -0.3 is 4.74 Å². The van der Waals surface area contributed by atoms with Crippen LogP contribution in [0.3, 0.4) is 0 Å². The molecule has 0 fully saturated rings. The van der Waals surface area contributed by atoms with Gasteiger partial charge in [-0.05, 0) is 48.7 Å². The molecule has 2 rings (SSSR count). The Morgan fingerprint density at radius 1 is 1.06 bits per heavy atom. The highest BCUT2D eigenvalue weighted by atomic mass is 16.5. The largest absolute Gasteiger partial charge is 0.384 e. The Balaban J connectivity index is 2.26. The Hall–Kier alpha value is -1.74. The normalized spacial score (nSPS) is 10.5. The lowest BCUT2D eigenvalue weighted by Crippen LogP contribution is -1.96. The third-order valence-electron chi connectivity index (χ3n) is 2.60. The molecule has 0 aromatic carbocycles. The third-order valence-corrected chi connectivity index (χ3v) is 2.60. The molecule has 0 bridgehead atoms. The van der Waals surface area contributed by atoms with Crippen molar-refractivity contribution in [3.8, 4) is 11.4 Å². The molecule has 2 heterocycles. The van der Waals surface area contributed by atoms with Crippen molar-refractivity contribution in [2.24, 2.45) is 0 Å². The molecule has 0 saturated heterocycles. The fourth-order valence-electron chi connectivity index (χ4n) is 1.67. The van der Waals surface area contributed by atoms with E-state index in [1.165, 1.54) is 11.1 Å². The fraction of sp³-hybridized carbons (Fsp3) is 0.286. The molecule has 2 aromatic heterocycles. The van der Waals surface area contributed by atoms with E-state index in [4.69, 9.17) is 4.74 Å². The Morgan fingerprint density at radius 3 is 2.47 bits per heavy atom. The van der Waals surface area contributed by atoms with E-state index >= 15 is 0 Å². The molecule has 2 aromatic rings. The minimum absolute atomic E-state index is 0.727. The van der Waals surface area contributed by atoms with Crippen molar-refractivity contribution in [3.05, 3.63) is 47.8 Å². The molecule has 3 nitrogen and oxygen atoms in total. The van der Waals surface area contributed by atoms with Crippen LogP contribution >= 0.6 is 0 Å². The number of ether oxygens (including phenoxy) is 1. The number of aromatic nitrogens is 2. The predicted molar refractivity (Wildman–Crippen MR) is 67.8 cm³/mol. The highest BCUT2D eigenvalue weighted by Gasteiger charge is 2.02. The summed E-state index contributed by atoms with van der Waals surface area (Å²) in [5.41, 5.74) is 4.26. The first-order chi connectivity index (χ1) is 8.29. The van der Waals surface area contributed by atoms with Crippen molar-refractivity contribution in [3.63, 3.8) is 0 Å². The third kappa shape index (κ3) is 3.11. The molecule has 0 unspecified atom stereocenters. The SMILES string of the molecule is COCCc1ccnc(-c2cc(C)ccn2)c1. The average molecular weight is 228 g/mol. The van der Waals surface area contributed by atoms with Crippen molar-refractivity contribution < 1.29 is 4.74 Å². The summed E-state index contributed by atoms with van der Waals surface area (Å²) >= 11 is 0. The lowest BCUT2D eigenvalue weighted by Gasteiger charge is -2.04. The number of nitrogens with zero attached hydrogens (tertiary/aromatic N) is 2. The van der Waals surface area contributed by atoms with Crippen LogP contribution in [0.25, 0.3) is 11.4 Å². The first-order valence-corrected chi connectivity index (χ1v) is 5.66. The standard InChI is InChI=1S/C14H16N2O/c1-11-3-6-15-13(9-11)14-10-12(4-7-16-14)5-8-17-2/h3-4,6-7,9-10H,5,8H2,1-2H3. The zero-order valence-corrected chi connectivity index (χ0v) is 10.2. The second kappa shape index (κ2) is 5.55. The van der Waals surface area contributed by atoms with Crippen LogP contribution < -0.4 is 0 Å². The molecule has 0 aliphatic heterocycles. The summed E-state index contributed by atoms with van der Waals surface area (Å²) in [6, 6.07) is 8.11. The smallest absolute Gasteiger partial charge is 0.0888 e. The molecule has 3 heteroatoms. The maximum absolute atomic E-state index is 5.07. The van der Waals surface area contributed by atoms with Crippen molar-refractivity contribution in [1.82, 2.24) is 9.97 Å². The van der Waals surface area contributed by atoms with Crippen molar-refractivity contribution in [1.29, 1.82) is 0 Å². The van der Waals surface area contributed by atoms with E-state index in [0.29, 0.717) is 0 Å². The average Bonchev–Trinajstić information content (AvgIpc) is 2.37. The molecule has 0 amide bonds. The molecular weight excluding hydrogens is 212 g/mol. The van der Waals surface area contributed by atoms with Crippen LogP contribution in [0, 0.1) is 6.92 Å². The summed E-state index contributed by atoms with van der Waals surface area (Å²) in [5, 5.41) is 0. The van der Waals surface area contributed by atoms with E-state index in [1.807, 2.05) is 30.6 Å². The summed E-state index contributed by atoms with van der Waals surface area (Å²) in [4.78, 5) is 8.69. The topological polar surface area (TPSA) is 35.0 Å². The predicted octanol–water partition coefficient (Wildman–Crippen LogP) is 2.64. The molecule has 0 spiro atoms. The number of aryl methyl sites for hydroxylation is 1. The quantitative estimate of drug-likeness (QED) is 0.807. The van der Waals surface area contributed by atoms with Gasteiger partial charge in [-0.3, -0.25) is 9.97 Å². The van der Waals surface area contributed by atoms with Crippen LogP contribution in [0.2, 0.25) is 0 Å². The lowest BCUT2D eigenvalue weighted by molar-refractivity contribution is 0.202. The molecule has 88 valence electrons. The molecule has 0 saturated carbocycles. The molecular formula is C14H16N2O. The minimum Gasteiger partial charge on any atom is -0.384 e. The first-order valence-electron chi connectivity index (χ1n) is 5.66. The van der Waals surface area contributed by atoms with Crippen LogP contribution in [0.1, 0.15) is 11.1 Å². The molecule has 17 heavy (non-hydrogen) atoms. The summed E-state index contributed by atoms with van der Waals surface area (Å²) in [6.07, 6.45) is 4.54. The van der Waals surface area contributed by atoms with Gasteiger partial charge in [-0.2, -0.15) is 0 Å². The van der Waals surface area contributed by atoms with E-state index in [0.717, 1.165) is 24.4 Å². The number of rotatable bonds is 4. The summed E-state index contributed by atoms with van der Waals surface area (Å²) in [7, 11) is 1.71. The van der Waals surface area contributed by atoms with E-state index in [1.54, 1.807) is 7.11 Å². The van der Waals surface area contributed by atoms with Gasteiger partial charge in [-0.25, -0.2) is 0 Å². The van der Waals surface area contributed by atoms with Crippen LogP contribution in [0.4, 0.5) is 0 Å².